The van der Waals surface area contributed by atoms with E-state index < -0.39 is 5.91 Å². The molecule has 3 N–H and O–H groups in total. The van der Waals surface area contributed by atoms with Crippen molar-refractivity contribution in [2.45, 2.75) is 10.1 Å². The lowest BCUT2D eigenvalue weighted by Gasteiger charge is -1.95. The van der Waals surface area contributed by atoms with E-state index in [0.717, 1.165) is 10.1 Å². The minimum absolute atomic E-state index is 0.220. The highest BCUT2D eigenvalue weighted by atomic mass is 32.2. The van der Waals surface area contributed by atoms with E-state index in [9.17, 15) is 4.79 Å². The fraction of sp³-hybridized carbons (Fsp3) is 0.111. The minimum atomic E-state index is -0.425. The number of furan rings is 1. The normalized spacial score (nSPS) is 10.3. The van der Waals surface area contributed by atoms with Gasteiger partial charge in [-0.25, -0.2) is 10.8 Å². The minimum Gasteiger partial charge on any atom is -0.455 e. The molecule has 0 bridgehead atoms. The van der Waals surface area contributed by atoms with Gasteiger partial charge in [0.05, 0.1) is 5.75 Å². The molecule has 16 heavy (non-hydrogen) atoms. The van der Waals surface area contributed by atoms with Crippen LogP contribution >= 0.6 is 23.1 Å². The van der Waals surface area contributed by atoms with Gasteiger partial charge in [-0.3, -0.25) is 10.2 Å². The first-order valence-electron chi connectivity index (χ1n) is 4.41. The van der Waals surface area contributed by atoms with Crippen molar-refractivity contribution in [3.05, 3.63) is 35.2 Å². The van der Waals surface area contributed by atoms with E-state index in [-0.39, 0.29) is 5.76 Å². The molecule has 84 valence electrons. The second kappa shape index (κ2) is 5.15. The summed E-state index contributed by atoms with van der Waals surface area (Å²) in [5.74, 6) is 6.15. The summed E-state index contributed by atoms with van der Waals surface area (Å²) in [6, 6.07) is 3.35. The zero-order valence-corrected chi connectivity index (χ0v) is 9.81. The molecule has 0 atom stereocenters. The maximum atomic E-state index is 11.1. The third-order valence-corrected chi connectivity index (χ3v) is 3.75. The number of hydrogen-bond acceptors (Lipinski definition) is 6. The van der Waals surface area contributed by atoms with E-state index >= 15 is 0 Å². The molecular weight excluding hydrogens is 246 g/mol. The molecule has 2 aromatic rings. The molecule has 1 amide bonds. The number of nitrogens with two attached hydrogens (primary N) is 1. The van der Waals surface area contributed by atoms with Gasteiger partial charge >= 0.3 is 5.91 Å². The second-order valence-electron chi connectivity index (χ2n) is 2.83. The molecule has 0 saturated carbocycles. The lowest BCUT2D eigenvalue weighted by atomic mass is 10.4. The zero-order chi connectivity index (χ0) is 11.4. The SMILES string of the molecule is NNC(=O)c1ccc(CSc2nccs2)o1. The predicted molar refractivity (Wildman–Crippen MR) is 62.0 cm³/mol. The topological polar surface area (TPSA) is 81.1 Å². The number of hydrazine groups is 1. The first-order valence-corrected chi connectivity index (χ1v) is 6.28. The molecule has 2 heterocycles. The van der Waals surface area contributed by atoms with E-state index in [1.165, 1.54) is 0 Å². The lowest BCUT2D eigenvalue weighted by Crippen LogP contribution is -2.29. The molecule has 0 aliphatic carbocycles. The summed E-state index contributed by atoms with van der Waals surface area (Å²) in [6.07, 6.45) is 1.75. The number of nitrogens with one attached hydrogen (secondary N) is 1. The largest absolute Gasteiger partial charge is 0.455 e. The highest BCUT2D eigenvalue weighted by Gasteiger charge is 2.09. The summed E-state index contributed by atoms with van der Waals surface area (Å²) in [4.78, 5) is 15.2. The second-order valence-corrected chi connectivity index (χ2v) is 4.94. The van der Waals surface area contributed by atoms with Crippen LogP contribution in [0.2, 0.25) is 0 Å². The van der Waals surface area contributed by atoms with Crippen LogP contribution < -0.4 is 11.3 Å². The number of carbonyl (C=O) groups is 1. The van der Waals surface area contributed by atoms with Gasteiger partial charge in [-0.05, 0) is 12.1 Å². The third kappa shape index (κ3) is 2.63. The molecule has 7 heteroatoms. The number of amides is 1. The van der Waals surface area contributed by atoms with Crippen LogP contribution in [0.5, 0.6) is 0 Å². The van der Waals surface area contributed by atoms with E-state index in [1.54, 1.807) is 41.4 Å². The molecule has 0 fully saturated rings. The predicted octanol–water partition coefficient (Wildman–Crippen LogP) is 1.63. The van der Waals surface area contributed by atoms with Crippen LogP contribution in [0.4, 0.5) is 0 Å². The Morgan fingerprint density at radius 2 is 2.50 bits per heavy atom. The average molecular weight is 255 g/mol. The Kier molecular flexibility index (Phi) is 3.60. The number of hydrogen-bond donors (Lipinski definition) is 2. The first-order chi connectivity index (χ1) is 7.79. The molecule has 0 saturated heterocycles. The number of thioether (sulfide) groups is 1. The van der Waals surface area contributed by atoms with Gasteiger partial charge < -0.3 is 4.42 Å². The maximum absolute atomic E-state index is 11.1. The Morgan fingerprint density at radius 3 is 3.19 bits per heavy atom. The Balaban J connectivity index is 1.95. The summed E-state index contributed by atoms with van der Waals surface area (Å²) in [7, 11) is 0. The Labute approximate surface area is 100 Å². The van der Waals surface area contributed by atoms with Crippen LogP contribution in [0.1, 0.15) is 16.3 Å². The fourth-order valence-corrected chi connectivity index (χ4v) is 2.59. The van der Waals surface area contributed by atoms with Crippen molar-refractivity contribution in [3.63, 3.8) is 0 Å². The third-order valence-electron chi connectivity index (χ3n) is 1.76. The summed E-state index contributed by atoms with van der Waals surface area (Å²) >= 11 is 3.13. The number of rotatable bonds is 4. The van der Waals surface area contributed by atoms with Gasteiger partial charge in [0, 0.05) is 11.6 Å². The van der Waals surface area contributed by atoms with Crippen molar-refractivity contribution >= 4 is 29.0 Å². The summed E-state index contributed by atoms with van der Waals surface area (Å²) in [6.45, 7) is 0. The van der Waals surface area contributed by atoms with Crippen molar-refractivity contribution in [1.82, 2.24) is 10.4 Å². The van der Waals surface area contributed by atoms with E-state index in [2.05, 4.69) is 4.98 Å². The Hall–Kier alpha value is -1.31. The lowest BCUT2D eigenvalue weighted by molar-refractivity contribution is 0.0924. The number of carbonyl (C=O) groups excluding carboxylic acids is 1. The molecule has 2 aromatic heterocycles. The maximum Gasteiger partial charge on any atom is 0.300 e. The summed E-state index contributed by atoms with van der Waals surface area (Å²) in [5.41, 5.74) is 2.01. The highest BCUT2D eigenvalue weighted by molar-refractivity contribution is 8.00. The van der Waals surface area contributed by atoms with E-state index in [4.69, 9.17) is 10.3 Å². The summed E-state index contributed by atoms with van der Waals surface area (Å²) in [5, 5.41) is 1.91. The Bertz CT molecular complexity index is 467. The Morgan fingerprint density at radius 1 is 1.62 bits per heavy atom. The van der Waals surface area contributed by atoms with Crippen LogP contribution in [0.15, 0.2) is 32.5 Å². The van der Waals surface area contributed by atoms with Crippen molar-refractivity contribution in [2.75, 3.05) is 0 Å². The van der Waals surface area contributed by atoms with Crippen LogP contribution in [-0.2, 0) is 5.75 Å². The van der Waals surface area contributed by atoms with Gasteiger partial charge in [0.15, 0.2) is 5.76 Å². The number of nitrogen functional groups attached to an aromatic ring is 1. The van der Waals surface area contributed by atoms with Crippen LogP contribution in [-0.4, -0.2) is 10.9 Å². The van der Waals surface area contributed by atoms with Gasteiger partial charge in [0.2, 0.25) is 0 Å². The molecule has 0 radical (unpaired) electrons. The fourth-order valence-electron chi connectivity index (χ4n) is 1.06. The smallest absolute Gasteiger partial charge is 0.300 e. The van der Waals surface area contributed by atoms with Gasteiger partial charge in [-0.15, -0.1) is 11.3 Å². The zero-order valence-electron chi connectivity index (χ0n) is 8.17. The standard InChI is InChI=1S/C9H9N3O2S2/c10-12-8(13)7-2-1-6(14-7)5-16-9-11-3-4-15-9/h1-4H,5,10H2,(H,12,13). The number of nitrogens with zero attached hydrogens (tertiary/aromatic N) is 1. The molecule has 5 nitrogen and oxygen atoms in total. The van der Waals surface area contributed by atoms with E-state index in [1.807, 2.05) is 10.8 Å². The van der Waals surface area contributed by atoms with Crippen molar-refractivity contribution in [2.24, 2.45) is 5.84 Å². The molecule has 0 unspecified atom stereocenters. The van der Waals surface area contributed by atoms with Gasteiger partial charge in [0.1, 0.15) is 10.1 Å². The van der Waals surface area contributed by atoms with Gasteiger partial charge in [-0.1, -0.05) is 11.8 Å². The number of aromatic nitrogens is 1. The van der Waals surface area contributed by atoms with Crippen LogP contribution in [0, 0.1) is 0 Å². The van der Waals surface area contributed by atoms with Crippen molar-refractivity contribution < 1.29 is 9.21 Å². The molecule has 0 aliphatic rings. The molecule has 0 aromatic carbocycles. The van der Waals surface area contributed by atoms with Gasteiger partial charge in [0.25, 0.3) is 0 Å². The van der Waals surface area contributed by atoms with Crippen LogP contribution in [0.25, 0.3) is 0 Å². The molecule has 2 rings (SSSR count). The van der Waals surface area contributed by atoms with Crippen molar-refractivity contribution in [3.8, 4) is 0 Å². The van der Waals surface area contributed by atoms with Gasteiger partial charge in [-0.2, -0.15) is 0 Å². The molecule has 0 spiro atoms. The average Bonchev–Trinajstić information content (AvgIpc) is 2.96. The summed E-state index contributed by atoms with van der Waals surface area (Å²) < 4.78 is 6.27. The molecular formula is C9H9N3O2S2. The molecule has 0 aliphatic heterocycles. The first kappa shape index (κ1) is 11.2. The monoisotopic (exact) mass is 255 g/mol. The quantitative estimate of drug-likeness (QED) is 0.375. The van der Waals surface area contributed by atoms with Crippen LogP contribution in [0.3, 0.4) is 0 Å². The number of thiazole rings is 1. The van der Waals surface area contributed by atoms with Crippen molar-refractivity contribution in [1.29, 1.82) is 0 Å². The highest BCUT2D eigenvalue weighted by Crippen LogP contribution is 2.25. The van der Waals surface area contributed by atoms with E-state index in [0.29, 0.717) is 5.75 Å².